The maximum atomic E-state index is 16.0. The molecule has 0 amide bonds. The molecule has 4 aliphatic carbocycles. The summed E-state index contributed by atoms with van der Waals surface area (Å²) in [6.45, 7) is 19.9. The molecule has 3 saturated carbocycles. The molecule has 4 rings (SSSR count). The van der Waals surface area contributed by atoms with Gasteiger partial charge in [0.2, 0.25) is 0 Å². The minimum absolute atomic E-state index is 0.0701. The standard InChI is InChI=1S/C30H54FO4PSi/c1-20(19-35-37(9,10)28(2,3)4)22-13-14-23-21-11-12-25-27(31)26(36(32,33-7)34-8)16-18-30(25,6)24(21)15-17-29(22,23)5/h20-25H,11-19H2,1-10H3/t20-,21+,22-,23+,24+,25+,29-,30-/m1/s1. The second-order valence-electron chi connectivity index (χ2n) is 14.9. The quantitative estimate of drug-likeness (QED) is 0.231. The first-order valence-corrected chi connectivity index (χ1v) is 19.3. The third-order valence-corrected chi connectivity index (χ3v) is 19.0. The van der Waals surface area contributed by atoms with Crippen molar-refractivity contribution in [1.82, 2.24) is 0 Å². The van der Waals surface area contributed by atoms with Crippen LogP contribution in [0.25, 0.3) is 0 Å². The van der Waals surface area contributed by atoms with Crippen LogP contribution in [-0.2, 0) is 18.0 Å². The molecule has 0 radical (unpaired) electrons. The second-order valence-corrected chi connectivity index (χ2v) is 22.0. The summed E-state index contributed by atoms with van der Waals surface area (Å²) in [7, 11) is -2.54. The Kier molecular flexibility index (Phi) is 8.20. The van der Waals surface area contributed by atoms with Crippen LogP contribution in [0, 0.1) is 46.3 Å². The van der Waals surface area contributed by atoms with Gasteiger partial charge in [-0.2, -0.15) is 0 Å². The van der Waals surface area contributed by atoms with Gasteiger partial charge in [0.15, 0.2) is 8.32 Å². The Labute approximate surface area is 227 Å². The highest BCUT2D eigenvalue weighted by molar-refractivity contribution is 7.58. The van der Waals surface area contributed by atoms with Crippen LogP contribution in [-0.4, -0.2) is 29.1 Å². The molecular weight excluding hydrogens is 502 g/mol. The summed E-state index contributed by atoms with van der Waals surface area (Å²) in [6.07, 6.45) is 8.32. The lowest BCUT2D eigenvalue weighted by Crippen LogP contribution is -2.53. The summed E-state index contributed by atoms with van der Waals surface area (Å²) in [5.41, 5.74) is 0.288. The van der Waals surface area contributed by atoms with Crippen LogP contribution >= 0.6 is 7.60 Å². The van der Waals surface area contributed by atoms with Gasteiger partial charge in [-0.25, -0.2) is 4.39 Å². The lowest BCUT2D eigenvalue weighted by molar-refractivity contribution is -0.103. The molecule has 37 heavy (non-hydrogen) atoms. The van der Waals surface area contributed by atoms with Crippen LogP contribution in [0.3, 0.4) is 0 Å². The van der Waals surface area contributed by atoms with Crippen molar-refractivity contribution in [3.8, 4) is 0 Å². The van der Waals surface area contributed by atoms with Gasteiger partial charge in [0, 0.05) is 26.7 Å². The third kappa shape index (κ3) is 4.81. The van der Waals surface area contributed by atoms with Crippen LogP contribution in [0.15, 0.2) is 11.1 Å². The number of halogens is 1. The van der Waals surface area contributed by atoms with Gasteiger partial charge in [0.25, 0.3) is 0 Å². The maximum absolute atomic E-state index is 16.0. The summed E-state index contributed by atoms with van der Waals surface area (Å²) in [5.74, 6) is 2.87. The van der Waals surface area contributed by atoms with Crippen molar-refractivity contribution in [3.63, 3.8) is 0 Å². The summed E-state index contributed by atoms with van der Waals surface area (Å²) in [6, 6.07) is 0. The number of hydrogen-bond donors (Lipinski definition) is 0. The minimum Gasteiger partial charge on any atom is -0.417 e. The average Bonchev–Trinajstić information content (AvgIpc) is 3.18. The highest BCUT2D eigenvalue weighted by Crippen LogP contribution is 2.71. The van der Waals surface area contributed by atoms with E-state index in [0.29, 0.717) is 40.8 Å². The highest BCUT2D eigenvalue weighted by Gasteiger charge is 2.62. The fourth-order valence-corrected chi connectivity index (χ4v) is 11.7. The van der Waals surface area contributed by atoms with E-state index in [1.807, 2.05) is 0 Å². The first-order chi connectivity index (χ1) is 17.1. The van der Waals surface area contributed by atoms with E-state index in [9.17, 15) is 4.57 Å². The van der Waals surface area contributed by atoms with Gasteiger partial charge in [0.1, 0.15) is 5.83 Å². The lowest BCUT2D eigenvalue weighted by atomic mass is 9.45. The van der Waals surface area contributed by atoms with Gasteiger partial charge < -0.3 is 13.5 Å². The molecule has 0 bridgehead atoms. The van der Waals surface area contributed by atoms with Crippen molar-refractivity contribution in [2.75, 3.05) is 20.8 Å². The van der Waals surface area contributed by atoms with Crippen LogP contribution in [0.5, 0.6) is 0 Å². The smallest absolute Gasteiger partial charge is 0.359 e. The van der Waals surface area contributed by atoms with Gasteiger partial charge in [-0.1, -0.05) is 41.5 Å². The predicted molar refractivity (Wildman–Crippen MR) is 153 cm³/mol. The van der Waals surface area contributed by atoms with E-state index in [-0.39, 0.29) is 22.2 Å². The summed E-state index contributed by atoms with van der Waals surface area (Å²) < 4.78 is 46.2. The summed E-state index contributed by atoms with van der Waals surface area (Å²) in [5, 5.41) is 0.542. The Hall–Kier alpha value is -0.00312. The Morgan fingerprint density at radius 3 is 2.22 bits per heavy atom. The molecule has 4 nitrogen and oxygen atoms in total. The zero-order chi connectivity index (χ0) is 27.6. The van der Waals surface area contributed by atoms with E-state index in [0.717, 1.165) is 31.8 Å². The summed E-state index contributed by atoms with van der Waals surface area (Å²) >= 11 is 0. The fraction of sp³-hybridized carbons (Fsp3) is 0.933. The molecule has 0 aromatic heterocycles. The van der Waals surface area contributed by atoms with Crippen molar-refractivity contribution >= 4 is 15.9 Å². The third-order valence-electron chi connectivity index (χ3n) is 12.4. The first kappa shape index (κ1) is 30.0. The zero-order valence-corrected chi connectivity index (χ0v) is 27.2. The van der Waals surface area contributed by atoms with Crippen LogP contribution < -0.4 is 0 Å². The maximum Gasteiger partial charge on any atom is 0.359 e. The largest absolute Gasteiger partial charge is 0.417 e. The topological polar surface area (TPSA) is 44.8 Å². The van der Waals surface area contributed by atoms with Gasteiger partial charge in [0.05, 0.1) is 5.31 Å². The number of rotatable bonds is 7. The Morgan fingerprint density at radius 2 is 1.62 bits per heavy atom. The van der Waals surface area contributed by atoms with Crippen molar-refractivity contribution in [2.24, 2.45) is 46.3 Å². The van der Waals surface area contributed by atoms with Gasteiger partial charge in [-0.05, 0) is 110 Å². The van der Waals surface area contributed by atoms with E-state index >= 15 is 4.39 Å². The predicted octanol–water partition coefficient (Wildman–Crippen LogP) is 9.58. The SMILES string of the molecule is COP(=O)(OC)C1=C(F)[C@@H]2CC[C@@H]3[C@H](CC[C@]4(C)[C@@H]([C@H](C)CO[Si](C)(C)C(C)(C)C)CC[C@@H]34)[C@@]2(C)CC1. The molecule has 0 aromatic rings. The molecule has 0 aromatic carbocycles. The highest BCUT2D eigenvalue weighted by atomic mass is 31.2. The van der Waals surface area contributed by atoms with Crippen molar-refractivity contribution in [1.29, 1.82) is 0 Å². The molecule has 0 heterocycles. The number of allylic oxidation sites excluding steroid dienone is 2. The normalized spacial score (nSPS) is 39.7. The van der Waals surface area contributed by atoms with E-state index in [1.54, 1.807) is 0 Å². The molecule has 0 unspecified atom stereocenters. The molecular formula is C30H54FO4PSi. The summed E-state index contributed by atoms with van der Waals surface area (Å²) in [4.78, 5) is 0. The van der Waals surface area contributed by atoms with E-state index in [1.165, 1.54) is 39.9 Å². The van der Waals surface area contributed by atoms with Crippen molar-refractivity contribution in [2.45, 2.75) is 111 Å². The molecule has 3 fully saturated rings. The Bertz CT molecular complexity index is 936. The van der Waals surface area contributed by atoms with Gasteiger partial charge in [-0.3, -0.25) is 4.57 Å². The molecule has 7 heteroatoms. The van der Waals surface area contributed by atoms with Gasteiger partial charge >= 0.3 is 7.60 Å². The number of fused-ring (bicyclic) bond motifs is 5. The van der Waals surface area contributed by atoms with Crippen LogP contribution in [0.4, 0.5) is 4.39 Å². The molecule has 4 aliphatic rings. The Balaban J connectivity index is 1.52. The lowest BCUT2D eigenvalue weighted by Gasteiger charge is -2.60. The van der Waals surface area contributed by atoms with E-state index in [4.69, 9.17) is 13.5 Å². The Morgan fingerprint density at radius 1 is 1.00 bits per heavy atom. The minimum atomic E-state index is -3.52. The van der Waals surface area contributed by atoms with Crippen molar-refractivity contribution < 1.29 is 22.4 Å². The average molecular weight is 557 g/mol. The van der Waals surface area contributed by atoms with Crippen molar-refractivity contribution in [3.05, 3.63) is 11.1 Å². The second kappa shape index (κ2) is 10.1. The number of hydrogen-bond acceptors (Lipinski definition) is 4. The fourth-order valence-electron chi connectivity index (χ4n) is 9.15. The molecule has 214 valence electrons. The monoisotopic (exact) mass is 556 g/mol. The molecule has 0 N–H and O–H groups in total. The molecule has 0 spiro atoms. The molecule has 0 aliphatic heterocycles. The van der Waals surface area contributed by atoms with E-state index < -0.39 is 15.9 Å². The molecule has 8 atom stereocenters. The zero-order valence-electron chi connectivity index (χ0n) is 25.3. The molecule has 0 saturated heterocycles. The first-order valence-electron chi connectivity index (χ1n) is 14.8. The van der Waals surface area contributed by atoms with Gasteiger partial charge in [-0.15, -0.1) is 0 Å². The van der Waals surface area contributed by atoms with Crippen LogP contribution in [0.2, 0.25) is 18.1 Å². The van der Waals surface area contributed by atoms with E-state index in [2.05, 4.69) is 54.6 Å². The van der Waals surface area contributed by atoms with Crippen LogP contribution in [0.1, 0.15) is 92.9 Å².